The third-order valence-corrected chi connectivity index (χ3v) is 3.87. The summed E-state index contributed by atoms with van der Waals surface area (Å²) < 4.78 is 1.08. The van der Waals surface area contributed by atoms with Crippen molar-refractivity contribution < 1.29 is 4.79 Å². The van der Waals surface area contributed by atoms with Gasteiger partial charge in [0, 0.05) is 14.2 Å². The number of thiophene rings is 1. The minimum absolute atomic E-state index is 0.0728. The summed E-state index contributed by atoms with van der Waals surface area (Å²) >= 11 is 5.10. The van der Waals surface area contributed by atoms with Gasteiger partial charge in [0.15, 0.2) is 5.78 Å². The first-order chi connectivity index (χ1) is 8.15. The molecule has 0 spiro atoms. The Morgan fingerprint density at radius 2 is 1.88 bits per heavy atom. The average Bonchev–Trinajstić information content (AvgIpc) is 2.76. The molecule has 1 heterocycles. The van der Waals surface area contributed by atoms with E-state index in [2.05, 4.69) is 34.1 Å². The molecule has 0 unspecified atom stereocenters. The fourth-order valence-corrected chi connectivity index (χ4v) is 2.59. The van der Waals surface area contributed by atoms with Crippen molar-refractivity contribution >= 4 is 39.1 Å². The van der Waals surface area contributed by atoms with Crippen molar-refractivity contribution in [3.8, 4) is 10.4 Å². The van der Waals surface area contributed by atoms with Crippen LogP contribution in [0.4, 0.5) is 0 Å². The standard InChI is InChI=1S/C14H11BrOS/c1-10(16)2-7-13-8-9-14(17-13)11-3-5-12(15)6-4-11/h2-9H,1H3. The van der Waals surface area contributed by atoms with E-state index < -0.39 is 0 Å². The fourth-order valence-electron chi connectivity index (χ4n) is 1.41. The molecule has 1 aromatic heterocycles. The lowest BCUT2D eigenvalue weighted by Gasteiger charge is -1.96. The van der Waals surface area contributed by atoms with E-state index in [-0.39, 0.29) is 5.78 Å². The molecule has 0 fully saturated rings. The molecule has 0 saturated carbocycles. The first-order valence-electron chi connectivity index (χ1n) is 5.19. The number of rotatable bonds is 3. The van der Waals surface area contributed by atoms with Crippen LogP contribution in [0.1, 0.15) is 11.8 Å². The average molecular weight is 307 g/mol. The third kappa shape index (κ3) is 3.38. The highest BCUT2D eigenvalue weighted by Crippen LogP contribution is 2.29. The molecule has 0 aliphatic carbocycles. The number of carbonyl (C=O) groups is 1. The van der Waals surface area contributed by atoms with Crippen LogP contribution in [0.2, 0.25) is 0 Å². The van der Waals surface area contributed by atoms with Gasteiger partial charge >= 0.3 is 0 Å². The lowest BCUT2D eigenvalue weighted by molar-refractivity contribution is -0.112. The van der Waals surface area contributed by atoms with Gasteiger partial charge in [0.25, 0.3) is 0 Å². The Morgan fingerprint density at radius 1 is 1.18 bits per heavy atom. The second-order valence-corrected chi connectivity index (χ2v) is 5.68. The van der Waals surface area contributed by atoms with Crippen LogP contribution in [0.5, 0.6) is 0 Å². The summed E-state index contributed by atoms with van der Waals surface area (Å²) in [5.41, 5.74) is 1.20. The molecule has 2 aromatic rings. The highest BCUT2D eigenvalue weighted by molar-refractivity contribution is 9.10. The summed E-state index contributed by atoms with van der Waals surface area (Å²) in [7, 11) is 0. The second-order valence-electron chi connectivity index (χ2n) is 3.65. The van der Waals surface area contributed by atoms with Gasteiger partial charge in [-0.25, -0.2) is 0 Å². The fraction of sp³-hybridized carbons (Fsp3) is 0.0714. The van der Waals surface area contributed by atoms with Crippen LogP contribution in [0, 0.1) is 0 Å². The van der Waals surface area contributed by atoms with Crippen molar-refractivity contribution in [1.29, 1.82) is 0 Å². The lowest BCUT2D eigenvalue weighted by Crippen LogP contribution is -1.77. The predicted molar refractivity (Wildman–Crippen MR) is 77.2 cm³/mol. The maximum absolute atomic E-state index is 10.8. The van der Waals surface area contributed by atoms with Crippen LogP contribution < -0.4 is 0 Å². The van der Waals surface area contributed by atoms with Gasteiger partial charge in [-0.05, 0) is 48.9 Å². The summed E-state index contributed by atoms with van der Waals surface area (Å²) in [5.74, 6) is 0.0728. The van der Waals surface area contributed by atoms with Crippen LogP contribution in [0.3, 0.4) is 0 Å². The molecule has 0 radical (unpaired) electrons. The Bertz CT molecular complexity index is 552. The molecule has 17 heavy (non-hydrogen) atoms. The summed E-state index contributed by atoms with van der Waals surface area (Å²) in [4.78, 5) is 13.1. The second kappa shape index (κ2) is 5.43. The maximum Gasteiger partial charge on any atom is 0.152 e. The largest absolute Gasteiger partial charge is 0.295 e. The van der Waals surface area contributed by atoms with Crippen molar-refractivity contribution in [2.45, 2.75) is 6.92 Å². The first-order valence-corrected chi connectivity index (χ1v) is 6.80. The van der Waals surface area contributed by atoms with Gasteiger partial charge in [-0.3, -0.25) is 4.79 Å². The Balaban J connectivity index is 2.23. The van der Waals surface area contributed by atoms with Gasteiger partial charge in [-0.2, -0.15) is 0 Å². The zero-order chi connectivity index (χ0) is 12.3. The summed E-state index contributed by atoms with van der Waals surface area (Å²) in [6.45, 7) is 1.56. The maximum atomic E-state index is 10.8. The lowest BCUT2D eigenvalue weighted by atomic mass is 10.2. The molecule has 1 aromatic carbocycles. The molecule has 0 aliphatic rings. The Morgan fingerprint density at radius 3 is 2.53 bits per heavy atom. The smallest absolute Gasteiger partial charge is 0.152 e. The topological polar surface area (TPSA) is 17.1 Å². The number of halogens is 1. The van der Waals surface area contributed by atoms with Crippen LogP contribution >= 0.6 is 27.3 Å². The Hall–Kier alpha value is -1.19. The first kappa shape index (κ1) is 12.3. The molecule has 3 heteroatoms. The van der Waals surface area contributed by atoms with Crippen molar-refractivity contribution in [1.82, 2.24) is 0 Å². The molecule has 1 nitrogen and oxygen atoms in total. The highest BCUT2D eigenvalue weighted by Gasteiger charge is 2.01. The quantitative estimate of drug-likeness (QED) is 0.746. The summed E-state index contributed by atoms with van der Waals surface area (Å²) in [6, 6.07) is 12.3. The molecular formula is C14H11BrOS. The van der Waals surface area contributed by atoms with Gasteiger partial charge in [-0.1, -0.05) is 28.1 Å². The third-order valence-electron chi connectivity index (χ3n) is 2.24. The monoisotopic (exact) mass is 306 g/mol. The van der Waals surface area contributed by atoms with E-state index in [0.29, 0.717) is 0 Å². The highest BCUT2D eigenvalue weighted by atomic mass is 79.9. The molecular weight excluding hydrogens is 296 g/mol. The SMILES string of the molecule is CC(=O)C=Cc1ccc(-c2ccc(Br)cc2)s1. The van der Waals surface area contributed by atoms with E-state index in [1.165, 1.54) is 10.4 Å². The number of ketones is 1. The van der Waals surface area contributed by atoms with E-state index in [1.807, 2.05) is 24.3 Å². The normalized spacial score (nSPS) is 10.9. The van der Waals surface area contributed by atoms with Crippen molar-refractivity contribution in [3.63, 3.8) is 0 Å². The van der Waals surface area contributed by atoms with Gasteiger partial charge < -0.3 is 0 Å². The molecule has 0 N–H and O–H groups in total. The van der Waals surface area contributed by atoms with E-state index in [9.17, 15) is 4.79 Å². The van der Waals surface area contributed by atoms with Crippen molar-refractivity contribution in [2.75, 3.05) is 0 Å². The van der Waals surface area contributed by atoms with Crippen molar-refractivity contribution in [2.24, 2.45) is 0 Å². The Labute approximate surface area is 113 Å². The number of benzene rings is 1. The van der Waals surface area contributed by atoms with Gasteiger partial charge in [0.1, 0.15) is 0 Å². The molecule has 86 valence electrons. The van der Waals surface area contributed by atoms with E-state index >= 15 is 0 Å². The van der Waals surface area contributed by atoms with E-state index in [1.54, 1.807) is 24.3 Å². The van der Waals surface area contributed by atoms with Crippen LogP contribution in [0.15, 0.2) is 46.9 Å². The van der Waals surface area contributed by atoms with Crippen molar-refractivity contribution in [3.05, 3.63) is 51.8 Å². The van der Waals surface area contributed by atoms with Crippen LogP contribution in [0.25, 0.3) is 16.5 Å². The van der Waals surface area contributed by atoms with Gasteiger partial charge in [0.2, 0.25) is 0 Å². The Kier molecular flexibility index (Phi) is 3.92. The minimum atomic E-state index is 0.0728. The summed E-state index contributed by atoms with van der Waals surface area (Å²) in [5, 5.41) is 0. The summed E-state index contributed by atoms with van der Waals surface area (Å²) in [6.07, 6.45) is 3.45. The number of allylic oxidation sites excluding steroid dienone is 1. The zero-order valence-electron chi connectivity index (χ0n) is 9.31. The molecule has 0 atom stereocenters. The van der Waals surface area contributed by atoms with Gasteiger partial charge in [-0.15, -0.1) is 11.3 Å². The van der Waals surface area contributed by atoms with E-state index in [0.717, 1.165) is 9.35 Å². The molecule has 0 amide bonds. The van der Waals surface area contributed by atoms with E-state index in [4.69, 9.17) is 0 Å². The predicted octanol–water partition coefficient (Wildman–Crippen LogP) is 4.78. The molecule has 2 rings (SSSR count). The minimum Gasteiger partial charge on any atom is -0.295 e. The van der Waals surface area contributed by atoms with Gasteiger partial charge in [0.05, 0.1) is 0 Å². The number of hydrogen-bond donors (Lipinski definition) is 0. The zero-order valence-corrected chi connectivity index (χ0v) is 11.7. The number of carbonyl (C=O) groups excluding carboxylic acids is 1. The molecule has 0 aliphatic heterocycles. The van der Waals surface area contributed by atoms with Crippen LogP contribution in [-0.2, 0) is 4.79 Å². The molecule has 0 saturated heterocycles. The van der Waals surface area contributed by atoms with Crippen LogP contribution in [-0.4, -0.2) is 5.78 Å². The number of hydrogen-bond acceptors (Lipinski definition) is 2. The molecule has 0 bridgehead atoms.